The molecule has 0 heterocycles. The summed E-state index contributed by atoms with van der Waals surface area (Å²) in [5.41, 5.74) is 16.1. The first-order valence-electron chi connectivity index (χ1n) is 8.43. The number of amides is 4. The van der Waals surface area contributed by atoms with Gasteiger partial charge in [0.05, 0.1) is 18.9 Å². The standard InChI is InChI=1S/C17H23N5O7/c18-10(6-13(19)24)15(26)21-11(5-8-1-3-9(23)4-2-8)16(27)22-12(17(28)29)7-14(20)25/h1-4,10-12,23H,5-7,18H2,(H2,19,24)(H2,20,25)(H,21,26)(H,22,27)(H,28,29)/t10-,11+,12+/m0/s1. The maximum atomic E-state index is 12.6. The Balaban J connectivity index is 3.00. The number of phenols is 1. The van der Waals surface area contributed by atoms with Gasteiger partial charge in [-0.3, -0.25) is 19.2 Å². The first kappa shape index (κ1) is 23.4. The van der Waals surface area contributed by atoms with Crippen molar-refractivity contribution in [1.82, 2.24) is 10.6 Å². The van der Waals surface area contributed by atoms with Crippen molar-refractivity contribution < 1.29 is 34.2 Å². The summed E-state index contributed by atoms with van der Waals surface area (Å²) in [5, 5.41) is 22.9. The van der Waals surface area contributed by atoms with E-state index in [1.807, 2.05) is 0 Å². The van der Waals surface area contributed by atoms with Gasteiger partial charge in [0.1, 0.15) is 17.8 Å². The number of benzene rings is 1. The fourth-order valence-corrected chi connectivity index (χ4v) is 2.34. The number of nitrogens with two attached hydrogens (primary N) is 3. The Labute approximate surface area is 165 Å². The summed E-state index contributed by atoms with van der Waals surface area (Å²) < 4.78 is 0. The lowest BCUT2D eigenvalue weighted by Gasteiger charge is -2.22. The predicted octanol–water partition coefficient (Wildman–Crippen LogP) is -2.93. The van der Waals surface area contributed by atoms with Gasteiger partial charge in [-0.2, -0.15) is 0 Å². The first-order valence-corrected chi connectivity index (χ1v) is 8.43. The molecule has 1 rings (SSSR count). The predicted molar refractivity (Wildman–Crippen MR) is 98.9 cm³/mol. The number of nitrogens with one attached hydrogen (secondary N) is 2. The summed E-state index contributed by atoms with van der Waals surface area (Å²) in [6.07, 6.45) is -1.20. The molecule has 0 saturated carbocycles. The minimum atomic E-state index is -1.60. The summed E-state index contributed by atoms with van der Waals surface area (Å²) in [6.45, 7) is 0. The van der Waals surface area contributed by atoms with Gasteiger partial charge >= 0.3 is 5.97 Å². The maximum Gasteiger partial charge on any atom is 0.326 e. The van der Waals surface area contributed by atoms with Crippen LogP contribution in [0, 0.1) is 0 Å². The number of carbonyl (C=O) groups excluding carboxylic acids is 4. The van der Waals surface area contributed by atoms with Gasteiger partial charge in [-0.15, -0.1) is 0 Å². The molecular weight excluding hydrogens is 386 g/mol. The number of phenolic OH excluding ortho intramolecular Hbond substituents is 1. The molecule has 12 nitrogen and oxygen atoms in total. The number of hydrogen-bond acceptors (Lipinski definition) is 7. The van der Waals surface area contributed by atoms with E-state index in [0.29, 0.717) is 5.56 Å². The lowest BCUT2D eigenvalue weighted by Crippen LogP contribution is -2.56. The third-order valence-corrected chi connectivity index (χ3v) is 3.79. The van der Waals surface area contributed by atoms with Gasteiger partial charge < -0.3 is 38.0 Å². The molecule has 0 bridgehead atoms. The highest BCUT2D eigenvalue weighted by Crippen LogP contribution is 2.12. The molecule has 29 heavy (non-hydrogen) atoms. The number of aliphatic carboxylic acids is 1. The number of hydrogen-bond donors (Lipinski definition) is 7. The third kappa shape index (κ3) is 8.26. The number of primary amides is 2. The zero-order valence-corrected chi connectivity index (χ0v) is 15.3. The molecule has 4 amide bonds. The van der Waals surface area contributed by atoms with Crippen LogP contribution in [0.2, 0.25) is 0 Å². The number of rotatable bonds is 11. The quantitative estimate of drug-likeness (QED) is 0.199. The van der Waals surface area contributed by atoms with Crippen molar-refractivity contribution in [2.45, 2.75) is 37.4 Å². The molecule has 0 unspecified atom stereocenters. The Morgan fingerprint density at radius 3 is 1.86 bits per heavy atom. The summed E-state index contributed by atoms with van der Waals surface area (Å²) in [7, 11) is 0. The molecule has 158 valence electrons. The molecule has 0 aliphatic carbocycles. The van der Waals surface area contributed by atoms with Crippen LogP contribution in [0.15, 0.2) is 24.3 Å². The van der Waals surface area contributed by atoms with E-state index < -0.39 is 60.6 Å². The zero-order chi connectivity index (χ0) is 22.1. The van der Waals surface area contributed by atoms with E-state index in [0.717, 1.165) is 0 Å². The van der Waals surface area contributed by atoms with Gasteiger partial charge in [0, 0.05) is 6.42 Å². The highest BCUT2D eigenvalue weighted by atomic mass is 16.4. The maximum absolute atomic E-state index is 12.6. The summed E-state index contributed by atoms with van der Waals surface area (Å²) in [5.74, 6) is -5.04. The summed E-state index contributed by atoms with van der Waals surface area (Å²) in [6, 6.07) is 1.49. The molecule has 0 aromatic heterocycles. The number of carboxylic acid groups (broad SMARTS) is 1. The number of carbonyl (C=O) groups is 5. The monoisotopic (exact) mass is 409 g/mol. The van der Waals surface area contributed by atoms with Gasteiger partial charge in [-0.1, -0.05) is 12.1 Å². The molecule has 0 aliphatic rings. The number of aromatic hydroxyl groups is 1. The highest BCUT2D eigenvalue weighted by molar-refractivity contribution is 5.94. The second kappa shape index (κ2) is 10.6. The van der Waals surface area contributed by atoms with E-state index in [9.17, 15) is 29.1 Å². The largest absolute Gasteiger partial charge is 0.508 e. The molecule has 3 atom stereocenters. The third-order valence-electron chi connectivity index (χ3n) is 3.79. The molecule has 0 radical (unpaired) electrons. The molecule has 10 N–H and O–H groups in total. The van der Waals surface area contributed by atoms with E-state index in [2.05, 4.69) is 10.6 Å². The molecule has 1 aromatic carbocycles. The molecule has 0 spiro atoms. The van der Waals surface area contributed by atoms with Gasteiger partial charge in [-0.05, 0) is 17.7 Å². The molecule has 12 heteroatoms. The van der Waals surface area contributed by atoms with Crippen LogP contribution in [-0.4, -0.2) is 57.9 Å². The Hall–Kier alpha value is -3.67. The average molecular weight is 409 g/mol. The summed E-state index contributed by atoms with van der Waals surface area (Å²) in [4.78, 5) is 57.9. The molecular formula is C17H23N5O7. The van der Waals surface area contributed by atoms with Crippen LogP contribution in [0.1, 0.15) is 18.4 Å². The van der Waals surface area contributed by atoms with Crippen molar-refractivity contribution in [3.05, 3.63) is 29.8 Å². The normalized spacial score (nSPS) is 13.6. The lowest BCUT2D eigenvalue weighted by atomic mass is 10.0. The molecule has 0 fully saturated rings. The van der Waals surface area contributed by atoms with Crippen LogP contribution in [0.3, 0.4) is 0 Å². The Morgan fingerprint density at radius 2 is 1.38 bits per heavy atom. The van der Waals surface area contributed by atoms with Crippen LogP contribution in [0.25, 0.3) is 0 Å². The van der Waals surface area contributed by atoms with E-state index >= 15 is 0 Å². The van der Waals surface area contributed by atoms with Gasteiger partial charge in [0.15, 0.2) is 0 Å². The van der Waals surface area contributed by atoms with E-state index in [-0.39, 0.29) is 12.2 Å². The minimum absolute atomic E-state index is 0.0188. The van der Waals surface area contributed by atoms with Crippen LogP contribution >= 0.6 is 0 Å². The fourth-order valence-electron chi connectivity index (χ4n) is 2.34. The van der Waals surface area contributed by atoms with Crippen LogP contribution in [0.4, 0.5) is 0 Å². The van der Waals surface area contributed by atoms with Gasteiger partial charge in [0.2, 0.25) is 23.6 Å². The molecule has 0 saturated heterocycles. The van der Waals surface area contributed by atoms with Crippen LogP contribution < -0.4 is 27.8 Å². The minimum Gasteiger partial charge on any atom is -0.508 e. The average Bonchev–Trinajstić information content (AvgIpc) is 2.61. The van der Waals surface area contributed by atoms with Crippen molar-refractivity contribution in [2.75, 3.05) is 0 Å². The fraction of sp³-hybridized carbons (Fsp3) is 0.353. The van der Waals surface area contributed by atoms with Crippen LogP contribution in [-0.2, 0) is 30.4 Å². The molecule has 1 aromatic rings. The Kier molecular flexibility index (Phi) is 8.55. The first-order chi connectivity index (χ1) is 13.5. The van der Waals surface area contributed by atoms with E-state index in [1.54, 1.807) is 0 Å². The van der Waals surface area contributed by atoms with Gasteiger partial charge in [-0.25, -0.2) is 4.79 Å². The second-order valence-electron chi connectivity index (χ2n) is 6.28. The highest BCUT2D eigenvalue weighted by Gasteiger charge is 2.29. The smallest absolute Gasteiger partial charge is 0.326 e. The number of carboxylic acids is 1. The van der Waals surface area contributed by atoms with Crippen molar-refractivity contribution in [3.8, 4) is 5.75 Å². The topological polar surface area (TPSA) is 228 Å². The van der Waals surface area contributed by atoms with E-state index in [4.69, 9.17) is 22.3 Å². The van der Waals surface area contributed by atoms with Crippen LogP contribution in [0.5, 0.6) is 5.75 Å². The Bertz CT molecular complexity index is 781. The van der Waals surface area contributed by atoms with Crippen molar-refractivity contribution in [3.63, 3.8) is 0 Å². The lowest BCUT2D eigenvalue weighted by molar-refractivity contribution is -0.143. The zero-order valence-electron chi connectivity index (χ0n) is 15.3. The van der Waals surface area contributed by atoms with Crippen molar-refractivity contribution in [1.29, 1.82) is 0 Å². The van der Waals surface area contributed by atoms with E-state index in [1.165, 1.54) is 24.3 Å². The molecule has 0 aliphatic heterocycles. The SMILES string of the molecule is NC(=O)C[C@H](N)C(=O)N[C@H](Cc1ccc(O)cc1)C(=O)N[C@H](CC(N)=O)C(=O)O. The second-order valence-corrected chi connectivity index (χ2v) is 6.28. The Morgan fingerprint density at radius 1 is 0.862 bits per heavy atom. The summed E-state index contributed by atoms with van der Waals surface area (Å²) >= 11 is 0. The van der Waals surface area contributed by atoms with Gasteiger partial charge in [0.25, 0.3) is 0 Å². The van der Waals surface area contributed by atoms with Crippen molar-refractivity contribution >= 4 is 29.6 Å². The van der Waals surface area contributed by atoms with Crippen molar-refractivity contribution in [2.24, 2.45) is 17.2 Å².